The highest BCUT2D eigenvalue weighted by molar-refractivity contribution is 5.91. The molecule has 0 saturated carbocycles. The number of carbonyl (C=O) groups excluding carboxylic acids is 2. The lowest BCUT2D eigenvalue weighted by Gasteiger charge is -2.28. The van der Waals surface area contributed by atoms with Gasteiger partial charge in [0, 0.05) is 49.1 Å². The maximum Gasteiger partial charge on any atom is 0.337 e. The monoisotopic (exact) mass is 431 g/mol. The molecule has 3 N–H and O–H groups in total. The van der Waals surface area contributed by atoms with Crippen molar-refractivity contribution in [2.45, 2.75) is 12.8 Å². The second-order valence-corrected chi connectivity index (χ2v) is 6.76. The third-order valence-electron chi connectivity index (χ3n) is 4.61. The molecule has 11 heteroatoms. The quantitative estimate of drug-likeness (QED) is 0.382. The van der Waals surface area contributed by atoms with Crippen LogP contribution in [0.5, 0.6) is 0 Å². The molecule has 0 spiro atoms. The second-order valence-electron chi connectivity index (χ2n) is 6.76. The summed E-state index contributed by atoms with van der Waals surface area (Å²) in [5, 5.41) is 13.0. The van der Waals surface area contributed by atoms with Crippen LogP contribution in [0.15, 0.2) is 54.1 Å². The van der Waals surface area contributed by atoms with Gasteiger partial charge in [-0.3, -0.25) is 20.3 Å². The van der Waals surface area contributed by atoms with Gasteiger partial charge in [0.1, 0.15) is 0 Å². The maximum atomic E-state index is 13.1. The number of nitro groups is 1. The van der Waals surface area contributed by atoms with E-state index in [4.69, 9.17) is 0 Å². The lowest BCUT2D eigenvalue weighted by Crippen LogP contribution is -2.44. The molecule has 2 aromatic carbocycles. The number of rotatable bonds is 5. The lowest BCUT2D eigenvalue weighted by molar-refractivity contribution is -0.384. The van der Waals surface area contributed by atoms with Crippen molar-refractivity contribution in [2.24, 2.45) is 0 Å². The molecule has 0 bridgehead atoms. The van der Waals surface area contributed by atoms with Gasteiger partial charge in [-0.25, -0.2) is 19.0 Å². The van der Waals surface area contributed by atoms with Crippen LogP contribution < -0.4 is 21.1 Å². The summed E-state index contributed by atoms with van der Waals surface area (Å²) in [6, 6.07) is 8.32. The molecule has 0 radical (unpaired) electrons. The Morgan fingerprint density at radius 3 is 2.42 bits per heavy atom. The number of carbonyl (C=O) groups is 2. The number of nitrogens with zero attached hydrogens (tertiary/aromatic N) is 2. The van der Waals surface area contributed by atoms with Crippen LogP contribution in [0.25, 0.3) is 0 Å². The fourth-order valence-corrected chi connectivity index (χ4v) is 3.00. The predicted octanol–water partition coefficient (Wildman–Crippen LogP) is 3.25. The minimum Gasteiger partial charge on any atom is -0.367 e. The van der Waals surface area contributed by atoms with E-state index >= 15 is 0 Å². The van der Waals surface area contributed by atoms with Gasteiger partial charge in [0.05, 0.1) is 4.92 Å². The smallest absolute Gasteiger partial charge is 0.337 e. The van der Waals surface area contributed by atoms with E-state index < -0.39 is 28.5 Å². The molecule has 0 fully saturated rings. The Balaban J connectivity index is 1.44. The number of hydrogen-bond acceptors (Lipinski definition) is 5. The molecule has 1 aliphatic heterocycles. The van der Waals surface area contributed by atoms with Crippen molar-refractivity contribution in [1.29, 1.82) is 0 Å². The van der Waals surface area contributed by atoms with Crippen molar-refractivity contribution < 1.29 is 23.3 Å². The van der Waals surface area contributed by atoms with Crippen LogP contribution in [0.1, 0.15) is 12.8 Å². The minimum absolute atomic E-state index is 0.0229. The van der Waals surface area contributed by atoms with Crippen molar-refractivity contribution in [3.05, 3.63) is 75.9 Å². The van der Waals surface area contributed by atoms with Crippen LogP contribution in [0.3, 0.4) is 0 Å². The number of anilines is 2. The second kappa shape index (κ2) is 9.65. The molecule has 0 saturated heterocycles. The number of benzene rings is 2. The van der Waals surface area contributed by atoms with Crippen LogP contribution in [0.2, 0.25) is 0 Å². The third kappa shape index (κ3) is 5.98. The fraction of sp³-hybridized carbons (Fsp3) is 0.200. The van der Waals surface area contributed by atoms with Gasteiger partial charge in [0.2, 0.25) is 5.91 Å². The van der Waals surface area contributed by atoms with E-state index in [0.717, 1.165) is 23.4 Å². The maximum absolute atomic E-state index is 13.1. The summed E-state index contributed by atoms with van der Waals surface area (Å²) in [5.41, 5.74) is 6.19. The highest BCUT2D eigenvalue weighted by atomic mass is 19.2. The van der Waals surface area contributed by atoms with Gasteiger partial charge in [-0.2, -0.15) is 0 Å². The third-order valence-corrected chi connectivity index (χ3v) is 4.61. The van der Waals surface area contributed by atoms with Crippen LogP contribution in [0, 0.1) is 21.7 Å². The van der Waals surface area contributed by atoms with E-state index in [1.54, 1.807) is 12.1 Å². The topological polar surface area (TPSA) is 117 Å². The standard InChI is InChI=1S/C20H19F2N5O4/c21-17-6-1-14(12-18(17)22)23-20(29)25-24-19(28)11-13-7-9-26(10-8-13)15-2-4-16(5-3-15)27(30)31/h1-7,12H,8-11H2,(H,24,28)(H2,23,25,29). The predicted molar refractivity (Wildman–Crippen MR) is 109 cm³/mol. The molecular formula is C20H19F2N5O4. The first-order valence-electron chi connectivity index (χ1n) is 9.30. The lowest BCUT2D eigenvalue weighted by atomic mass is 10.0. The van der Waals surface area contributed by atoms with Gasteiger partial charge in [0.15, 0.2) is 11.6 Å². The fourth-order valence-electron chi connectivity index (χ4n) is 3.00. The molecule has 31 heavy (non-hydrogen) atoms. The highest BCUT2D eigenvalue weighted by Crippen LogP contribution is 2.23. The summed E-state index contributed by atoms with van der Waals surface area (Å²) >= 11 is 0. The molecule has 9 nitrogen and oxygen atoms in total. The number of amides is 3. The summed E-state index contributed by atoms with van der Waals surface area (Å²) in [6.45, 7) is 1.19. The average molecular weight is 431 g/mol. The Morgan fingerprint density at radius 2 is 1.81 bits per heavy atom. The zero-order valence-corrected chi connectivity index (χ0v) is 16.2. The highest BCUT2D eigenvalue weighted by Gasteiger charge is 2.16. The number of halogens is 2. The van der Waals surface area contributed by atoms with E-state index in [2.05, 4.69) is 16.2 Å². The Bertz CT molecular complexity index is 1030. The van der Waals surface area contributed by atoms with Crippen LogP contribution >= 0.6 is 0 Å². The Labute approximate surface area is 175 Å². The molecule has 162 valence electrons. The zero-order valence-electron chi connectivity index (χ0n) is 16.2. The molecule has 3 amide bonds. The molecular weight excluding hydrogens is 412 g/mol. The summed E-state index contributed by atoms with van der Waals surface area (Å²) in [5.74, 6) is -2.57. The van der Waals surface area contributed by atoms with Gasteiger partial charge in [-0.05, 0) is 30.7 Å². The van der Waals surface area contributed by atoms with Crippen LogP contribution in [-0.2, 0) is 4.79 Å². The first-order chi connectivity index (χ1) is 14.8. The van der Waals surface area contributed by atoms with Crippen LogP contribution in [-0.4, -0.2) is 30.0 Å². The van der Waals surface area contributed by atoms with Gasteiger partial charge in [-0.1, -0.05) is 11.6 Å². The SMILES string of the molecule is O=C(CC1=CCN(c2ccc([N+](=O)[O-])cc2)CC1)NNC(=O)Nc1ccc(F)c(F)c1. The van der Waals surface area contributed by atoms with Crippen LogP contribution in [0.4, 0.5) is 30.6 Å². The Kier molecular flexibility index (Phi) is 6.75. The molecule has 0 atom stereocenters. The molecule has 0 aliphatic carbocycles. The van der Waals surface area contributed by atoms with Gasteiger partial charge >= 0.3 is 6.03 Å². The summed E-state index contributed by atoms with van der Waals surface area (Å²) in [4.78, 5) is 36.1. The molecule has 0 aromatic heterocycles. The van der Waals surface area contributed by atoms with Crippen molar-refractivity contribution >= 4 is 29.0 Å². The number of nitro benzene ring substituents is 1. The first-order valence-corrected chi connectivity index (χ1v) is 9.30. The average Bonchev–Trinajstić information content (AvgIpc) is 2.75. The van der Waals surface area contributed by atoms with Crippen molar-refractivity contribution in [2.75, 3.05) is 23.3 Å². The molecule has 0 unspecified atom stereocenters. The number of nitrogens with one attached hydrogen (secondary N) is 3. The Morgan fingerprint density at radius 1 is 1.06 bits per heavy atom. The molecule has 3 rings (SSSR count). The largest absolute Gasteiger partial charge is 0.367 e. The van der Waals surface area contributed by atoms with Gasteiger partial charge < -0.3 is 10.2 Å². The number of hydrazine groups is 1. The van der Waals surface area contributed by atoms with E-state index in [0.29, 0.717) is 19.5 Å². The van der Waals surface area contributed by atoms with Gasteiger partial charge in [0.25, 0.3) is 5.69 Å². The number of hydrogen-bond donors (Lipinski definition) is 3. The number of urea groups is 1. The summed E-state index contributed by atoms with van der Waals surface area (Å²) < 4.78 is 26.0. The summed E-state index contributed by atoms with van der Waals surface area (Å²) in [7, 11) is 0. The zero-order chi connectivity index (χ0) is 22.4. The molecule has 1 aliphatic rings. The molecule has 1 heterocycles. The molecule has 2 aromatic rings. The van der Waals surface area contributed by atoms with E-state index in [-0.39, 0.29) is 17.8 Å². The van der Waals surface area contributed by atoms with E-state index in [1.165, 1.54) is 18.2 Å². The van der Waals surface area contributed by atoms with Crippen molar-refractivity contribution in [1.82, 2.24) is 10.9 Å². The number of non-ortho nitro benzene ring substituents is 1. The van der Waals surface area contributed by atoms with E-state index in [9.17, 15) is 28.5 Å². The van der Waals surface area contributed by atoms with E-state index in [1.807, 2.05) is 11.0 Å². The van der Waals surface area contributed by atoms with Crippen molar-refractivity contribution in [3.63, 3.8) is 0 Å². The van der Waals surface area contributed by atoms with Gasteiger partial charge in [-0.15, -0.1) is 0 Å². The minimum atomic E-state index is -1.10. The summed E-state index contributed by atoms with van der Waals surface area (Å²) in [6.07, 6.45) is 2.59. The normalized spacial score (nSPS) is 13.2. The first kappa shape index (κ1) is 21.7. The Hall–Kier alpha value is -4.02. The van der Waals surface area contributed by atoms with Crippen molar-refractivity contribution in [3.8, 4) is 0 Å².